The molecule has 0 bridgehead atoms. The van der Waals surface area contributed by atoms with Crippen molar-refractivity contribution in [3.8, 4) is 17.1 Å². The van der Waals surface area contributed by atoms with Crippen LogP contribution in [0.1, 0.15) is 53.9 Å². The molecule has 0 aliphatic heterocycles. The van der Waals surface area contributed by atoms with E-state index in [4.69, 9.17) is 9.47 Å². The summed E-state index contributed by atoms with van der Waals surface area (Å²) in [6.07, 6.45) is 5.06. The van der Waals surface area contributed by atoms with Crippen molar-refractivity contribution in [2.75, 3.05) is 24.8 Å². The van der Waals surface area contributed by atoms with E-state index in [2.05, 4.69) is 29.4 Å². The molecular weight excluding hydrogens is 496 g/mol. The fraction of sp³-hybridized carbons (Fsp3) is 0.462. The van der Waals surface area contributed by atoms with Gasteiger partial charge in [0.05, 0.1) is 25.0 Å². The smallest absolute Gasteiger partial charge is 0.341 e. The van der Waals surface area contributed by atoms with E-state index in [0.29, 0.717) is 34.1 Å². The molecule has 1 amide bonds. The largest absolute Gasteiger partial charge is 0.493 e. The number of benzene rings is 1. The van der Waals surface area contributed by atoms with E-state index >= 15 is 0 Å². The molecule has 0 unspecified atom stereocenters. The molecule has 0 spiro atoms. The first-order chi connectivity index (χ1) is 17.4. The Balaban J connectivity index is 1.41. The number of carbonyl (C=O) groups is 2. The van der Waals surface area contributed by atoms with Gasteiger partial charge in [-0.25, -0.2) is 4.79 Å². The molecule has 192 valence electrons. The maximum absolute atomic E-state index is 12.8. The average Bonchev–Trinajstić information content (AvgIpc) is 3.31. The summed E-state index contributed by atoms with van der Waals surface area (Å²) in [5.41, 5.74) is 2.46. The van der Waals surface area contributed by atoms with Gasteiger partial charge < -0.3 is 19.4 Å². The lowest BCUT2D eigenvalue weighted by Gasteiger charge is -2.09. The Kier molecular flexibility index (Phi) is 8.68. The quantitative estimate of drug-likeness (QED) is 0.227. The molecule has 1 aliphatic rings. The second kappa shape index (κ2) is 11.9. The van der Waals surface area contributed by atoms with Crippen molar-refractivity contribution in [3.05, 3.63) is 40.3 Å². The molecule has 0 atom stereocenters. The van der Waals surface area contributed by atoms with E-state index in [1.807, 2.05) is 35.9 Å². The number of carbonyl (C=O) groups excluding carboxylic acids is 2. The number of ether oxygens (including phenoxy) is 2. The second-order valence-electron chi connectivity index (χ2n) is 9.19. The fourth-order valence-electron chi connectivity index (χ4n) is 4.10. The van der Waals surface area contributed by atoms with Crippen LogP contribution in [0.4, 0.5) is 5.00 Å². The van der Waals surface area contributed by atoms with Crippen LogP contribution in [0.5, 0.6) is 5.75 Å². The lowest BCUT2D eigenvalue weighted by molar-refractivity contribution is -0.113. The number of aromatic nitrogens is 3. The first-order valence-corrected chi connectivity index (χ1v) is 14.0. The van der Waals surface area contributed by atoms with Crippen molar-refractivity contribution in [3.63, 3.8) is 0 Å². The summed E-state index contributed by atoms with van der Waals surface area (Å²) in [5.74, 6) is 1.55. The summed E-state index contributed by atoms with van der Waals surface area (Å²) in [5, 5.41) is 12.7. The molecule has 0 saturated heterocycles. The van der Waals surface area contributed by atoms with Gasteiger partial charge in [-0.1, -0.05) is 32.0 Å². The third kappa shape index (κ3) is 6.10. The Morgan fingerprint density at radius 2 is 1.89 bits per heavy atom. The van der Waals surface area contributed by atoms with E-state index in [0.717, 1.165) is 49.0 Å². The predicted molar refractivity (Wildman–Crippen MR) is 143 cm³/mol. The Bertz CT molecular complexity index is 1220. The van der Waals surface area contributed by atoms with Gasteiger partial charge in [-0.15, -0.1) is 21.5 Å². The Labute approximate surface area is 219 Å². The predicted octanol–water partition coefficient (Wildman–Crippen LogP) is 5.36. The maximum atomic E-state index is 12.8. The number of fused-ring (bicyclic) bond motifs is 1. The van der Waals surface area contributed by atoms with Gasteiger partial charge in [0, 0.05) is 17.5 Å². The number of aryl methyl sites for hydroxylation is 1. The van der Waals surface area contributed by atoms with E-state index in [1.165, 1.54) is 35.1 Å². The van der Waals surface area contributed by atoms with Crippen molar-refractivity contribution < 1.29 is 19.1 Å². The van der Waals surface area contributed by atoms with Crippen molar-refractivity contribution in [1.29, 1.82) is 0 Å². The number of nitrogens with zero attached hydrogens (tertiary/aromatic N) is 3. The van der Waals surface area contributed by atoms with Crippen LogP contribution >= 0.6 is 23.1 Å². The molecule has 2 heterocycles. The zero-order valence-electron chi connectivity index (χ0n) is 21.1. The molecular formula is C26H32N4O4S2. The van der Waals surface area contributed by atoms with Crippen LogP contribution in [0.15, 0.2) is 29.4 Å². The highest BCUT2D eigenvalue weighted by molar-refractivity contribution is 7.99. The summed E-state index contributed by atoms with van der Waals surface area (Å²) < 4.78 is 12.6. The molecule has 8 nitrogen and oxygen atoms in total. The molecule has 10 heteroatoms. The minimum absolute atomic E-state index is 0.150. The zero-order chi connectivity index (χ0) is 25.7. The van der Waals surface area contributed by atoms with Crippen molar-refractivity contribution in [2.24, 2.45) is 13.0 Å². The van der Waals surface area contributed by atoms with Gasteiger partial charge in [-0.05, 0) is 61.4 Å². The van der Waals surface area contributed by atoms with Gasteiger partial charge in [0.1, 0.15) is 10.8 Å². The standard InChI is InChI=1S/C26H32N4O4S2/c1-16(2)14-34-18-12-10-17(11-13-18)23-28-29-26(30(23)3)35-15-21(31)27-24-22(25(32)33-4)19-8-6-5-7-9-20(19)36-24/h10-13,16H,5-9,14-15H2,1-4H3,(H,27,31). The van der Waals surface area contributed by atoms with E-state index in [1.54, 1.807) is 0 Å². The van der Waals surface area contributed by atoms with Gasteiger partial charge >= 0.3 is 5.97 Å². The first-order valence-electron chi connectivity index (χ1n) is 12.2. The van der Waals surface area contributed by atoms with Crippen LogP contribution in [0.3, 0.4) is 0 Å². The summed E-state index contributed by atoms with van der Waals surface area (Å²) in [6, 6.07) is 7.76. The highest BCUT2D eigenvalue weighted by Gasteiger charge is 2.26. The minimum Gasteiger partial charge on any atom is -0.493 e. The van der Waals surface area contributed by atoms with Crippen LogP contribution in [-0.4, -0.2) is 46.1 Å². The van der Waals surface area contributed by atoms with E-state index in [-0.39, 0.29) is 11.7 Å². The first kappa shape index (κ1) is 26.2. The van der Waals surface area contributed by atoms with Gasteiger partial charge in [-0.3, -0.25) is 4.79 Å². The SMILES string of the molecule is COC(=O)c1c(NC(=O)CSc2nnc(-c3ccc(OCC(C)C)cc3)n2C)sc2c1CCCCC2. The lowest BCUT2D eigenvalue weighted by Crippen LogP contribution is -2.16. The number of esters is 1. The second-order valence-corrected chi connectivity index (χ2v) is 11.2. The molecule has 0 fully saturated rings. The number of thiophene rings is 1. The number of hydrogen-bond donors (Lipinski definition) is 1. The summed E-state index contributed by atoms with van der Waals surface area (Å²) in [7, 11) is 3.26. The molecule has 36 heavy (non-hydrogen) atoms. The van der Waals surface area contributed by atoms with Crippen molar-refractivity contribution >= 4 is 40.0 Å². The third-order valence-corrected chi connectivity index (χ3v) is 8.15. The van der Waals surface area contributed by atoms with Gasteiger partial charge in [0.25, 0.3) is 0 Å². The number of methoxy groups -OCH3 is 1. The number of anilines is 1. The lowest BCUT2D eigenvalue weighted by atomic mass is 10.1. The fourth-order valence-corrected chi connectivity index (χ4v) is 6.10. The summed E-state index contributed by atoms with van der Waals surface area (Å²) >= 11 is 2.80. The molecule has 1 aliphatic carbocycles. The Morgan fingerprint density at radius 3 is 2.61 bits per heavy atom. The van der Waals surface area contributed by atoms with Crippen LogP contribution < -0.4 is 10.1 Å². The van der Waals surface area contributed by atoms with Crippen LogP contribution in [0.2, 0.25) is 0 Å². The van der Waals surface area contributed by atoms with Crippen molar-refractivity contribution in [1.82, 2.24) is 14.8 Å². The molecule has 0 radical (unpaired) electrons. The van der Waals surface area contributed by atoms with Crippen molar-refractivity contribution in [2.45, 2.75) is 51.1 Å². The van der Waals surface area contributed by atoms with Gasteiger partial charge in [0.15, 0.2) is 11.0 Å². The Hall–Kier alpha value is -2.85. The highest BCUT2D eigenvalue weighted by Crippen LogP contribution is 2.38. The summed E-state index contributed by atoms with van der Waals surface area (Å²) in [4.78, 5) is 26.5. The normalized spacial score (nSPS) is 13.2. The summed E-state index contributed by atoms with van der Waals surface area (Å²) in [6.45, 7) is 4.89. The van der Waals surface area contributed by atoms with E-state index < -0.39 is 5.97 Å². The highest BCUT2D eigenvalue weighted by atomic mass is 32.2. The number of amides is 1. The Morgan fingerprint density at radius 1 is 1.14 bits per heavy atom. The molecule has 1 aromatic carbocycles. The molecule has 3 aromatic rings. The topological polar surface area (TPSA) is 95.3 Å². The van der Waals surface area contributed by atoms with Crippen LogP contribution in [0, 0.1) is 5.92 Å². The minimum atomic E-state index is -0.393. The molecule has 0 saturated carbocycles. The van der Waals surface area contributed by atoms with Crippen LogP contribution in [0.25, 0.3) is 11.4 Å². The monoisotopic (exact) mass is 528 g/mol. The number of hydrogen-bond acceptors (Lipinski definition) is 8. The maximum Gasteiger partial charge on any atom is 0.341 e. The van der Waals surface area contributed by atoms with E-state index in [9.17, 15) is 9.59 Å². The number of nitrogens with one attached hydrogen (secondary N) is 1. The zero-order valence-corrected chi connectivity index (χ0v) is 22.8. The number of thioether (sulfide) groups is 1. The van der Waals surface area contributed by atoms with Crippen LogP contribution in [-0.2, 0) is 29.4 Å². The molecule has 1 N–H and O–H groups in total. The van der Waals surface area contributed by atoms with Gasteiger partial charge in [0.2, 0.25) is 5.91 Å². The molecule has 2 aromatic heterocycles. The molecule has 4 rings (SSSR count). The van der Waals surface area contributed by atoms with Gasteiger partial charge in [-0.2, -0.15) is 0 Å². The average molecular weight is 529 g/mol. The third-order valence-electron chi connectivity index (χ3n) is 5.93. The number of rotatable bonds is 9.